The van der Waals surface area contributed by atoms with E-state index in [0.29, 0.717) is 0 Å². The van der Waals surface area contributed by atoms with Crippen molar-refractivity contribution < 1.29 is 8.42 Å². The zero-order chi connectivity index (χ0) is 8.48. The van der Waals surface area contributed by atoms with Gasteiger partial charge in [0.05, 0.1) is 4.90 Å². The van der Waals surface area contributed by atoms with Crippen LogP contribution in [0.25, 0.3) is 0 Å². The van der Waals surface area contributed by atoms with Crippen LogP contribution in [-0.4, -0.2) is 8.42 Å². The average Bonchev–Trinajstić information content (AvgIpc) is 1.86. The molecule has 0 bridgehead atoms. The van der Waals surface area contributed by atoms with Crippen molar-refractivity contribution >= 4 is 10.0 Å². The zero-order valence-corrected chi connectivity index (χ0v) is 6.85. The third kappa shape index (κ3) is 2.03. The first kappa shape index (κ1) is 8.23. The summed E-state index contributed by atoms with van der Waals surface area (Å²) in [7, 11) is -3.77. The maximum atomic E-state index is 10.6. The van der Waals surface area contributed by atoms with Crippen molar-refractivity contribution in [2.75, 3.05) is 0 Å². The van der Waals surface area contributed by atoms with Crippen LogP contribution in [0.3, 0.4) is 0 Å². The van der Waals surface area contributed by atoms with Gasteiger partial charge in [0.2, 0.25) is 0 Å². The summed E-state index contributed by atoms with van der Waals surface area (Å²) in [5.74, 6) is 0. The van der Waals surface area contributed by atoms with Gasteiger partial charge in [-0.1, -0.05) is 17.7 Å². The van der Waals surface area contributed by atoms with Crippen molar-refractivity contribution in [3.05, 3.63) is 29.8 Å². The van der Waals surface area contributed by atoms with Crippen molar-refractivity contribution in [3.8, 4) is 0 Å². The minimum Gasteiger partial charge on any atom is -0.206 e. The van der Waals surface area contributed by atoms with E-state index in [1.54, 1.807) is 12.1 Å². The molecule has 0 spiro atoms. The fourth-order valence-electron chi connectivity index (χ4n) is 0.717. The summed E-state index contributed by atoms with van der Waals surface area (Å²) >= 11 is 0. The molecule has 11 heavy (non-hydrogen) atoms. The van der Waals surface area contributed by atoms with Gasteiger partial charge in [-0.2, -0.15) is 0 Å². The maximum absolute atomic E-state index is 10.6. The number of hydrogen-bond acceptors (Lipinski definition) is 2. The molecule has 1 radical (unpaired) electrons. The molecule has 0 amide bonds. The highest BCUT2D eigenvalue weighted by atomic mass is 32.2. The van der Waals surface area contributed by atoms with Gasteiger partial charge in [-0.05, 0) is 19.1 Å². The molecule has 59 valence electrons. The van der Waals surface area contributed by atoms with Gasteiger partial charge in [-0.25, -0.2) is 8.42 Å². The lowest BCUT2D eigenvalue weighted by Crippen LogP contribution is -1.99. The summed E-state index contributed by atoms with van der Waals surface area (Å²) in [6.45, 7) is 1.86. The van der Waals surface area contributed by atoms with Crippen molar-refractivity contribution in [2.45, 2.75) is 11.8 Å². The number of aryl methyl sites for hydroxylation is 1. The normalized spacial score (nSPS) is 11.5. The number of rotatable bonds is 1. The molecule has 0 aromatic heterocycles. The first-order chi connectivity index (χ1) is 5.00. The summed E-state index contributed by atoms with van der Waals surface area (Å²) in [6, 6.07) is 6.19. The van der Waals surface area contributed by atoms with E-state index in [1.165, 1.54) is 12.1 Å². The Kier molecular flexibility index (Phi) is 1.97. The Morgan fingerprint density at radius 1 is 1.18 bits per heavy atom. The molecule has 1 rings (SSSR count). The fraction of sp³-hybridized carbons (Fsp3) is 0.143. The maximum Gasteiger partial charge on any atom is 0.254 e. The molecule has 1 aromatic carbocycles. The first-order valence-electron chi connectivity index (χ1n) is 3.06. The van der Waals surface area contributed by atoms with Gasteiger partial charge in [0.15, 0.2) is 0 Å². The second-order valence-electron chi connectivity index (χ2n) is 2.32. The quantitative estimate of drug-likeness (QED) is 0.630. The largest absolute Gasteiger partial charge is 0.254 e. The molecule has 0 aliphatic carbocycles. The minimum absolute atomic E-state index is 0.0445. The van der Waals surface area contributed by atoms with Crippen LogP contribution in [0.1, 0.15) is 5.56 Å². The minimum atomic E-state index is -3.77. The van der Waals surface area contributed by atoms with Crippen LogP contribution in [0.4, 0.5) is 0 Å². The Morgan fingerprint density at radius 2 is 1.64 bits per heavy atom. The lowest BCUT2D eigenvalue weighted by atomic mass is 10.2. The zero-order valence-electron chi connectivity index (χ0n) is 6.03. The van der Waals surface area contributed by atoms with E-state index < -0.39 is 10.0 Å². The third-order valence-corrected chi connectivity index (χ3v) is 2.22. The molecule has 0 saturated carbocycles. The Labute approximate surface area is 65.9 Å². The molecule has 0 atom stereocenters. The van der Waals surface area contributed by atoms with E-state index >= 15 is 0 Å². The van der Waals surface area contributed by atoms with Crippen LogP contribution in [0, 0.1) is 6.92 Å². The molecule has 1 N–H and O–H groups in total. The fourth-order valence-corrected chi connectivity index (χ4v) is 1.21. The first-order valence-corrected chi connectivity index (χ1v) is 4.55. The third-order valence-electron chi connectivity index (χ3n) is 1.33. The Bertz CT molecular complexity index is 339. The lowest BCUT2D eigenvalue weighted by molar-refractivity contribution is 0.596. The van der Waals surface area contributed by atoms with Crippen LogP contribution in [-0.2, 0) is 10.0 Å². The molecular weight excluding hydrogens is 162 g/mol. The van der Waals surface area contributed by atoms with Crippen molar-refractivity contribution in [3.63, 3.8) is 0 Å². The van der Waals surface area contributed by atoms with Gasteiger partial charge in [0, 0.05) is 0 Å². The summed E-state index contributed by atoms with van der Waals surface area (Å²) < 4.78 is 21.2. The number of nitrogens with one attached hydrogen (secondary N) is 1. The Balaban J connectivity index is 3.20. The highest BCUT2D eigenvalue weighted by Gasteiger charge is 2.05. The van der Waals surface area contributed by atoms with Crippen molar-refractivity contribution in [1.82, 2.24) is 5.14 Å². The molecule has 0 aliphatic rings. The van der Waals surface area contributed by atoms with Crippen LogP contribution in [0.5, 0.6) is 0 Å². The predicted octanol–water partition coefficient (Wildman–Crippen LogP) is 0.967. The monoisotopic (exact) mass is 170 g/mol. The molecule has 3 nitrogen and oxygen atoms in total. The Hall–Kier alpha value is -0.870. The van der Waals surface area contributed by atoms with E-state index in [1.807, 2.05) is 6.92 Å². The molecule has 0 aliphatic heterocycles. The molecular formula is C7H8NO2S. The van der Waals surface area contributed by atoms with Gasteiger partial charge in [0.25, 0.3) is 10.0 Å². The van der Waals surface area contributed by atoms with E-state index in [9.17, 15) is 8.42 Å². The van der Waals surface area contributed by atoms with Crippen molar-refractivity contribution in [1.29, 1.82) is 0 Å². The standard InChI is InChI=1S/C7H8NO2S/c1-6-2-4-7(5-3-6)11(8,9)10/h2-5,8H,1H3. The van der Waals surface area contributed by atoms with Crippen LogP contribution in [0.15, 0.2) is 29.2 Å². The molecule has 1 aromatic rings. The number of sulfonamides is 1. The molecule has 0 heterocycles. The Morgan fingerprint density at radius 3 is 2.00 bits per heavy atom. The molecule has 0 fully saturated rings. The highest BCUT2D eigenvalue weighted by molar-refractivity contribution is 7.88. The van der Waals surface area contributed by atoms with Gasteiger partial charge >= 0.3 is 0 Å². The summed E-state index contributed by atoms with van der Waals surface area (Å²) in [5, 5.41) is 6.72. The molecule has 0 saturated heterocycles. The summed E-state index contributed by atoms with van der Waals surface area (Å²) in [5.41, 5.74) is 0.984. The summed E-state index contributed by atoms with van der Waals surface area (Å²) in [4.78, 5) is 0.0445. The van der Waals surface area contributed by atoms with Crippen LogP contribution in [0.2, 0.25) is 0 Å². The summed E-state index contributed by atoms with van der Waals surface area (Å²) in [6.07, 6.45) is 0. The second kappa shape index (κ2) is 2.64. The van der Waals surface area contributed by atoms with Gasteiger partial charge < -0.3 is 0 Å². The second-order valence-corrected chi connectivity index (χ2v) is 3.79. The molecule has 0 unspecified atom stereocenters. The van der Waals surface area contributed by atoms with Gasteiger partial charge in [0.1, 0.15) is 0 Å². The SMILES string of the molecule is Cc1ccc(S([NH])(=O)=O)cc1. The number of benzene rings is 1. The van der Waals surface area contributed by atoms with Crippen LogP contribution >= 0.6 is 0 Å². The van der Waals surface area contributed by atoms with E-state index in [4.69, 9.17) is 5.14 Å². The smallest absolute Gasteiger partial charge is 0.206 e. The number of hydrogen-bond donors (Lipinski definition) is 0. The predicted molar refractivity (Wildman–Crippen MR) is 41.5 cm³/mol. The van der Waals surface area contributed by atoms with Crippen molar-refractivity contribution in [2.24, 2.45) is 0 Å². The topological polar surface area (TPSA) is 57.9 Å². The van der Waals surface area contributed by atoms with E-state index in [-0.39, 0.29) is 4.90 Å². The molecule has 4 heteroatoms. The van der Waals surface area contributed by atoms with Gasteiger partial charge in [-0.15, -0.1) is 5.14 Å². The van der Waals surface area contributed by atoms with E-state index in [2.05, 4.69) is 0 Å². The lowest BCUT2D eigenvalue weighted by Gasteiger charge is -1.95. The van der Waals surface area contributed by atoms with E-state index in [0.717, 1.165) is 5.56 Å². The average molecular weight is 170 g/mol. The van der Waals surface area contributed by atoms with Crippen LogP contribution < -0.4 is 5.14 Å². The highest BCUT2D eigenvalue weighted by Crippen LogP contribution is 2.07. The van der Waals surface area contributed by atoms with Gasteiger partial charge in [-0.3, -0.25) is 0 Å².